The molecule has 0 radical (unpaired) electrons. The minimum Gasteiger partial charge on any atom is -0.368 e. The van der Waals surface area contributed by atoms with Crippen molar-refractivity contribution in [3.05, 3.63) is 12.4 Å². The van der Waals surface area contributed by atoms with E-state index in [0.29, 0.717) is 12.3 Å². The van der Waals surface area contributed by atoms with Gasteiger partial charge in [0.1, 0.15) is 5.54 Å². The van der Waals surface area contributed by atoms with Crippen LogP contribution in [0.5, 0.6) is 0 Å². The summed E-state index contributed by atoms with van der Waals surface area (Å²) in [6.07, 6.45) is 3.42. The standard InChI is InChI=1S/C9H16N4OS/c1-3-13-9(2,7(10)14)6-15-8-11-4-5-12-8/h4-5,13H,3,6H2,1-2H3,(H2,10,14)(H,11,12). The quantitative estimate of drug-likeness (QED) is 0.614. The Morgan fingerprint density at radius 1 is 1.80 bits per heavy atom. The summed E-state index contributed by atoms with van der Waals surface area (Å²) in [4.78, 5) is 18.3. The molecule has 0 bridgehead atoms. The van der Waals surface area contributed by atoms with Crippen LogP contribution in [0.15, 0.2) is 17.6 Å². The van der Waals surface area contributed by atoms with Crippen molar-refractivity contribution >= 4 is 17.7 Å². The van der Waals surface area contributed by atoms with E-state index in [-0.39, 0.29) is 5.91 Å². The van der Waals surface area contributed by atoms with Crippen molar-refractivity contribution in [3.8, 4) is 0 Å². The number of nitrogens with two attached hydrogens (primary N) is 1. The van der Waals surface area contributed by atoms with Crippen LogP contribution >= 0.6 is 11.8 Å². The summed E-state index contributed by atoms with van der Waals surface area (Å²) >= 11 is 1.47. The maximum absolute atomic E-state index is 11.3. The summed E-state index contributed by atoms with van der Waals surface area (Å²) in [7, 11) is 0. The van der Waals surface area contributed by atoms with Crippen LogP contribution in [0.3, 0.4) is 0 Å². The minimum atomic E-state index is -0.688. The molecule has 1 aromatic heterocycles. The molecule has 1 rings (SSSR count). The molecule has 15 heavy (non-hydrogen) atoms. The number of hydrogen-bond acceptors (Lipinski definition) is 4. The average molecular weight is 228 g/mol. The Balaban J connectivity index is 2.56. The van der Waals surface area contributed by atoms with E-state index in [0.717, 1.165) is 5.16 Å². The third-order valence-corrected chi connectivity index (χ3v) is 3.30. The first-order valence-electron chi connectivity index (χ1n) is 4.75. The Labute approximate surface area is 93.2 Å². The van der Waals surface area contributed by atoms with E-state index < -0.39 is 5.54 Å². The summed E-state index contributed by atoms with van der Waals surface area (Å²) in [5.74, 6) is 0.215. The predicted molar refractivity (Wildman–Crippen MR) is 60.6 cm³/mol. The van der Waals surface area contributed by atoms with Crippen molar-refractivity contribution in [1.82, 2.24) is 15.3 Å². The fourth-order valence-electron chi connectivity index (χ4n) is 1.14. The Hall–Kier alpha value is -1.01. The van der Waals surface area contributed by atoms with Crippen molar-refractivity contribution < 1.29 is 4.79 Å². The second-order valence-corrected chi connectivity index (χ2v) is 4.37. The minimum absolute atomic E-state index is 0.344. The topological polar surface area (TPSA) is 83.8 Å². The lowest BCUT2D eigenvalue weighted by Gasteiger charge is -2.25. The van der Waals surface area contributed by atoms with E-state index in [1.54, 1.807) is 19.3 Å². The van der Waals surface area contributed by atoms with Gasteiger partial charge in [-0.1, -0.05) is 18.7 Å². The molecular formula is C9H16N4OS. The Morgan fingerprint density at radius 2 is 2.53 bits per heavy atom. The van der Waals surface area contributed by atoms with Crippen LogP contribution in [0, 0.1) is 0 Å². The molecule has 0 aromatic carbocycles. The molecule has 5 nitrogen and oxygen atoms in total. The van der Waals surface area contributed by atoms with Crippen LogP contribution < -0.4 is 11.1 Å². The largest absolute Gasteiger partial charge is 0.368 e. The molecule has 0 aliphatic carbocycles. The van der Waals surface area contributed by atoms with Gasteiger partial charge in [0.2, 0.25) is 5.91 Å². The molecule has 1 aromatic rings. The lowest BCUT2D eigenvalue weighted by molar-refractivity contribution is -0.122. The number of carbonyl (C=O) groups excluding carboxylic acids is 1. The monoisotopic (exact) mass is 228 g/mol. The normalized spacial score (nSPS) is 14.8. The number of nitrogens with zero attached hydrogens (tertiary/aromatic N) is 1. The van der Waals surface area contributed by atoms with E-state index in [1.807, 2.05) is 6.92 Å². The molecule has 0 aliphatic heterocycles. The van der Waals surface area contributed by atoms with Crippen LogP contribution in [0.25, 0.3) is 0 Å². The van der Waals surface area contributed by atoms with Crippen LogP contribution in [0.1, 0.15) is 13.8 Å². The van der Waals surface area contributed by atoms with Gasteiger partial charge < -0.3 is 16.0 Å². The van der Waals surface area contributed by atoms with Crippen LogP contribution in [0.2, 0.25) is 0 Å². The third kappa shape index (κ3) is 3.24. The molecule has 0 aliphatic rings. The fraction of sp³-hybridized carbons (Fsp3) is 0.556. The zero-order valence-corrected chi connectivity index (χ0v) is 9.73. The number of rotatable bonds is 6. The number of carbonyl (C=O) groups is 1. The number of primary amides is 1. The van der Waals surface area contributed by atoms with Gasteiger partial charge in [-0.15, -0.1) is 0 Å². The first kappa shape index (κ1) is 12.1. The van der Waals surface area contributed by atoms with Gasteiger partial charge in [0.25, 0.3) is 0 Å². The first-order valence-corrected chi connectivity index (χ1v) is 5.74. The van der Waals surface area contributed by atoms with Gasteiger partial charge in [0.15, 0.2) is 5.16 Å². The van der Waals surface area contributed by atoms with Crippen molar-refractivity contribution in [1.29, 1.82) is 0 Å². The number of nitrogens with one attached hydrogen (secondary N) is 2. The maximum Gasteiger partial charge on any atom is 0.238 e. The molecule has 1 atom stereocenters. The predicted octanol–water partition coefficient (Wildman–Crippen LogP) is 0.355. The highest BCUT2D eigenvalue weighted by molar-refractivity contribution is 7.99. The molecule has 84 valence electrons. The number of aromatic amines is 1. The van der Waals surface area contributed by atoms with Gasteiger partial charge in [-0.25, -0.2) is 4.98 Å². The highest BCUT2D eigenvalue weighted by atomic mass is 32.2. The number of thioether (sulfide) groups is 1. The molecule has 6 heteroatoms. The van der Waals surface area contributed by atoms with Crippen molar-refractivity contribution in [2.75, 3.05) is 12.3 Å². The Kier molecular flexibility index (Phi) is 4.16. The van der Waals surface area contributed by atoms with Crippen LogP contribution in [-0.2, 0) is 4.79 Å². The fourth-order valence-corrected chi connectivity index (χ4v) is 2.10. The van der Waals surface area contributed by atoms with Gasteiger partial charge in [0.05, 0.1) is 0 Å². The van der Waals surface area contributed by atoms with Crippen molar-refractivity contribution in [2.24, 2.45) is 5.73 Å². The molecule has 4 N–H and O–H groups in total. The van der Waals surface area contributed by atoms with Gasteiger partial charge in [0, 0.05) is 18.1 Å². The molecule has 1 heterocycles. The molecule has 0 spiro atoms. The molecule has 1 unspecified atom stereocenters. The maximum atomic E-state index is 11.3. The van der Waals surface area contributed by atoms with E-state index in [2.05, 4.69) is 15.3 Å². The zero-order valence-electron chi connectivity index (χ0n) is 8.91. The van der Waals surface area contributed by atoms with E-state index in [4.69, 9.17) is 5.73 Å². The van der Waals surface area contributed by atoms with Crippen LogP contribution in [-0.4, -0.2) is 33.7 Å². The van der Waals surface area contributed by atoms with Gasteiger partial charge in [-0.05, 0) is 13.5 Å². The molecule has 0 saturated heterocycles. The van der Waals surface area contributed by atoms with E-state index >= 15 is 0 Å². The van der Waals surface area contributed by atoms with Gasteiger partial charge in [-0.2, -0.15) is 0 Å². The number of aromatic nitrogens is 2. The molecule has 0 fully saturated rings. The number of likely N-dealkylation sites (N-methyl/N-ethyl adjacent to an activating group) is 1. The SMILES string of the molecule is CCNC(C)(CSc1ncc[nH]1)C(N)=O. The highest BCUT2D eigenvalue weighted by Gasteiger charge is 2.30. The summed E-state index contributed by atoms with van der Waals surface area (Å²) in [5, 5.41) is 3.88. The number of amides is 1. The van der Waals surface area contributed by atoms with Gasteiger partial charge in [-0.3, -0.25) is 4.79 Å². The summed E-state index contributed by atoms with van der Waals surface area (Å²) in [6, 6.07) is 0. The molecular weight excluding hydrogens is 212 g/mol. The van der Waals surface area contributed by atoms with E-state index in [1.165, 1.54) is 11.8 Å². The number of hydrogen-bond donors (Lipinski definition) is 3. The molecule has 1 amide bonds. The number of H-pyrrole nitrogens is 1. The molecule has 0 saturated carbocycles. The lowest BCUT2D eigenvalue weighted by atomic mass is 10.1. The summed E-state index contributed by atoms with van der Waals surface area (Å²) < 4.78 is 0. The third-order valence-electron chi connectivity index (χ3n) is 2.08. The van der Waals surface area contributed by atoms with E-state index in [9.17, 15) is 4.79 Å². The Bertz CT molecular complexity index is 314. The average Bonchev–Trinajstić information content (AvgIpc) is 2.67. The second-order valence-electron chi connectivity index (χ2n) is 3.41. The Morgan fingerprint density at radius 3 is 3.00 bits per heavy atom. The lowest BCUT2D eigenvalue weighted by Crippen LogP contribution is -2.55. The van der Waals surface area contributed by atoms with Crippen molar-refractivity contribution in [3.63, 3.8) is 0 Å². The second kappa shape index (κ2) is 5.18. The summed E-state index contributed by atoms with van der Waals surface area (Å²) in [5.41, 5.74) is 4.66. The highest BCUT2D eigenvalue weighted by Crippen LogP contribution is 2.18. The first-order chi connectivity index (χ1) is 7.08. The smallest absolute Gasteiger partial charge is 0.238 e. The summed E-state index contributed by atoms with van der Waals surface area (Å²) in [6.45, 7) is 4.45. The van der Waals surface area contributed by atoms with Gasteiger partial charge >= 0.3 is 0 Å². The number of imidazole rings is 1. The van der Waals surface area contributed by atoms with Crippen LogP contribution in [0.4, 0.5) is 0 Å². The van der Waals surface area contributed by atoms with Crippen molar-refractivity contribution in [2.45, 2.75) is 24.5 Å². The zero-order chi connectivity index (χ0) is 11.3.